The van der Waals surface area contributed by atoms with Crippen LogP contribution >= 0.6 is 23.2 Å². The Balaban J connectivity index is 1.62. The summed E-state index contributed by atoms with van der Waals surface area (Å²) in [5.41, 5.74) is 1.32. The zero-order valence-electron chi connectivity index (χ0n) is 25.5. The minimum absolute atomic E-state index is 0.0367. The number of rotatable bonds is 8. The van der Waals surface area contributed by atoms with E-state index in [4.69, 9.17) is 27.9 Å². The van der Waals surface area contributed by atoms with Crippen LogP contribution in [0, 0.1) is 12.7 Å². The summed E-state index contributed by atoms with van der Waals surface area (Å²) in [6.45, 7) is 4.74. The van der Waals surface area contributed by atoms with Gasteiger partial charge < -0.3 is 20.3 Å². The van der Waals surface area contributed by atoms with Crippen LogP contribution in [-0.4, -0.2) is 47.7 Å². The van der Waals surface area contributed by atoms with Crippen LogP contribution in [0.5, 0.6) is 5.75 Å². The molecule has 5 rings (SSSR count). The Morgan fingerprint density at radius 3 is 2.39 bits per heavy atom. The fraction of sp³-hybridized carbons (Fsp3) is 0.382. The van der Waals surface area contributed by atoms with Crippen LogP contribution in [-0.2, 0) is 14.4 Å². The maximum Gasteiger partial charge on any atom is 0.266 e. The molecule has 3 amide bonds. The highest BCUT2D eigenvalue weighted by atomic mass is 35.5. The van der Waals surface area contributed by atoms with E-state index in [1.54, 1.807) is 56.3 Å². The second-order valence-electron chi connectivity index (χ2n) is 12.3. The zero-order valence-corrected chi connectivity index (χ0v) is 27.0. The van der Waals surface area contributed by atoms with E-state index in [2.05, 4.69) is 10.6 Å². The van der Waals surface area contributed by atoms with E-state index in [-0.39, 0.29) is 31.2 Å². The normalized spacial score (nSPS) is 21.3. The van der Waals surface area contributed by atoms with Gasteiger partial charge in [-0.2, -0.15) is 0 Å². The monoisotopic (exact) mass is 675 g/mol. The predicted molar refractivity (Wildman–Crippen MR) is 170 cm³/mol. The van der Waals surface area contributed by atoms with E-state index in [9.17, 15) is 27.6 Å². The minimum Gasteiger partial charge on any atom is -0.478 e. The zero-order chi connectivity index (χ0) is 33.4. The summed E-state index contributed by atoms with van der Waals surface area (Å²) >= 11 is 12.8. The molecule has 0 aromatic heterocycles. The summed E-state index contributed by atoms with van der Waals surface area (Å²) in [7, 11) is 0. The highest BCUT2D eigenvalue weighted by molar-refractivity contribution is 6.31. The van der Waals surface area contributed by atoms with Crippen LogP contribution in [0.1, 0.15) is 73.2 Å². The van der Waals surface area contributed by atoms with Crippen molar-refractivity contribution < 1.29 is 32.3 Å². The number of carbonyl (C=O) groups is 3. The van der Waals surface area contributed by atoms with E-state index in [1.807, 2.05) is 6.92 Å². The van der Waals surface area contributed by atoms with Crippen molar-refractivity contribution in [2.75, 3.05) is 18.4 Å². The molecule has 3 aromatic rings. The molecule has 2 heterocycles. The van der Waals surface area contributed by atoms with E-state index < -0.39 is 54.0 Å². The summed E-state index contributed by atoms with van der Waals surface area (Å²) in [6.07, 6.45) is -0.379. The Hall–Kier alpha value is -3.76. The molecule has 3 unspecified atom stereocenters. The van der Waals surface area contributed by atoms with Crippen molar-refractivity contribution in [3.63, 3.8) is 0 Å². The number of amides is 3. The van der Waals surface area contributed by atoms with Crippen LogP contribution in [0.25, 0.3) is 0 Å². The summed E-state index contributed by atoms with van der Waals surface area (Å²) in [4.78, 5) is 40.0. The largest absolute Gasteiger partial charge is 0.478 e. The Labute approximate surface area is 275 Å². The number of ether oxygens (including phenoxy) is 1. The summed E-state index contributed by atoms with van der Waals surface area (Å²) in [5.74, 6) is -5.07. The third-order valence-electron chi connectivity index (χ3n) is 8.71. The molecule has 0 saturated carbocycles. The van der Waals surface area contributed by atoms with Gasteiger partial charge in [0.2, 0.25) is 12.3 Å². The van der Waals surface area contributed by atoms with E-state index in [0.29, 0.717) is 38.8 Å². The predicted octanol–water partition coefficient (Wildman–Crippen LogP) is 7.55. The van der Waals surface area contributed by atoms with Crippen LogP contribution < -0.4 is 15.4 Å². The Morgan fingerprint density at radius 1 is 1.02 bits per heavy atom. The molecule has 3 aromatic carbocycles. The lowest BCUT2D eigenvalue weighted by molar-refractivity contribution is -0.151. The lowest BCUT2D eigenvalue weighted by Gasteiger charge is -2.42. The number of hydrogen-bond donors (Lipinski definition) is 2. The Kier molecular flexibility index (Phi) is 9.61. The molecular weight excluding hydrogens is 642 g/mol. The molecule has 3 atom stereocenters. The number of nitrogens with one attached hydrogen (secondary N) is 2. The van der Waals surface area contributed by atoms with E-state index in [0.717, 1.165) is 5.56 Å². The smallest absolute Gasteiger partial charge is 0.266 e. The SMILES string of the molecule is Cc1ccc(F)cc1C1NC(=O)CC(c2cc(Cl)ccc2OC(C)(C)C(=O)N2CCC(F)(F)CC2)C1c1ccc(Cl)cc1NC=O. The number of alkyl halides is 2. The molecule has 2 fully saturated rings. The van der Waals surface area contributed by atoms with Gasteiger partial charge in [-0.25, -0.2) is 13.2 Å². The molecule has 0 spiro atoms. The van der Waals surface area contributed by atoms with Gasteiger partial charge in [0.1, 0.15) is 11.6 Å². The first kappa shape index (κ1) is 33.6. The lowest BCUT2D eigenvalue weighted by Crippen LogP contribution is -2.53. The number of likely N-dealkylation sites (tertiary alicyclic amines) is 1. The fourth-order valence-corrected chi connectivity index (χ4v) is 6.80. The number of carbonyl (C=O) groups excluding carboxylic acids is 3. The van der Waals surface area contributed by atoms with Gasteiger partial charge in [0.05, 0.1) is 6.04 Å². The summed E-state index contributed by atoms with van der Waals surface area (Å²) in [6, 6.07) is 13.4. The van der Waals surface area contributed by atoms with Crippen LogP contribution in [0.2, 0.25) is 10.0 Å². The van der Waals surface area contributed by atoms with Gasteiger partial charge in [0.25, 0.3) is 11.8 Å². The molecule has 2 saturated heterocycles. The first-order valence-corrected chi connectivity index (χ1v) is 15.7. The van der Waals surface area contributed by atoms with Crippen molar-refractivity contribution in [2.45, 2.75) is 69.4 Å². The van der Waals surface area contributed by atoms with E-state index >= 15 is 0 Å². The van der Waals surface area contributed by atoms with Gasteiger partial charge in [-0.3, -0.25) is 14.4 Å². The highest BCUT2D eigenvalue weighted by Gasteiger charge is 2.44. The number of piperidine rings is 2. The fourth-order valence-electron chi connectivity index (χ4n) is 6.44. The maximum atomic E-state index is 14.7. The quantitative estimate of drug-likeness (QED) is 0.241. The van der Waals surface area contributed by atoms with Gasteiger partial charge in [-0.1, -0.05) is 35.3 Å². The summed E-state index contributed by atoms with van der Waals surface area (Å²) < 4.78 is 48.7. The third-order valence-corrected chi connectivity index (χ3v) is 9.18. The van der Waals surface area contributed by atoms with Crippen molar-refractivity contribution >= 4 is 47.1 Å². The van der Waals surface area contributed by atoms with Crippen molar-refractivity contribution in [2.24, 2.45) is 0 Å². The second kappa shape index (κ2) is 13.2. The van der Waals surface area contributed by atoms with Crippen molar-refractivity contribution in [3.05, 3.63) is 92.7 Å². The van der Waals surface area contributed by atoms with Crippen LogP contribution in [0.3, 0.4) is 0 Å². The average molecular weight is 677 g/mol. The number of halogens is 5. The molecule has 12 heteroatoms. The minimum atomic E-state index is -2.82. The van der Waals surface area contributed by atoms with Crippen molar-refractivity contribution in [1.82, 2.24) is 10.2 Å². The molecule has 2 aliphatic heterocycles. The Morgan fingerprint density at radius 2 is 1.70 bits per heavy atom. The number of nitrogens with zero attached hydrogens (tertiary/aromatic N) is 1. The topological polar surface area (TPSA) is 87.7 Å². The lowest BCUT2D eigenvalue weighted by atomic mass is 9.70. The number of anilines is 1. The van der Waals surface area contributed by atoms with Crippen LogP contribution in [0.4, 0.5) is 18.9 Å². The molecule has 0 aliphatic carbocycles. The number of benzene rings is 3. The maximum absolute atomic E-state index is 14.7. The number of aryl methyl sites for hydroxylation is 1. The molecule has 7 nitrogen and oxygen atoms in total. The number of hydrogen-bond acceptors (Lipinski definition) is 4. The Bertz CT molecular complexity index is 1660. The first-order chi connectivity index (χ1) is 21.7. The van der Waals surface area contributed by atoms with Gasteiger partial charge in [0.15, 0.2) is 5.60 Å². The first-order valence-electron chi connectivity index (χ1n) is 14.9. The second-order valence-corrected chi connectivity index (χ2v) is 13.2. The molecular formula is C34H34Cl2F3N3O4. The molecule has 2 N–H and O–H groups in total. The van der Waals surface area contributed by atoms with Crippen molar-refractivity contribution in [1.29, 1.82) is 0 Å². The molecule has 244 valence electrons. The standard InChI is InChI=1S/C34H34Cl2F3N3O4/c1-19-4-7-22(37)16-24(19)31-30(23-8-5-21(36)15-27(23)40-18-43)26(17-29(44)41-31)25-14-20(35)6-9-28(25)46-33(2,3)32(45)42-12-10-34(38,39)11-13-42/h4-9,14-16,18,26,30-31H,10-13,17H2,1-3H3,(H,40,43)(H,41,44). The van der Waals surface area contributed by atoms with Gasteiger partial charge in [-0.05, 0) is 85.5 Å². The molecule has 46 heavy (non-hydrogen) atoms. The van der Waals surface area contributed by atoms with Crippen molar-refractivity contribution in [3.8, 4) is 5.75 Å². The van der Waals surface area contributed by atoms with E-state index in [1.165, 1.54) is 17.0 Å². The third kappa shape index (κ3) is 7.13. The highest BCUT2D eigenvalue weighted by Crippen LogP contribution is 2.52. The molecule has 2 aliphatic rings. The molecule has 0 radical (unpaired) electrons. The van der Waals surface area contributed by atoms with Gasteiger partial charge >= 0.3 is 0 Å². The summed E-state index contributed by atoms with van der Waals surface area (Å²) in [5, 5.41) is 6.45. The van der Waals surface area contributed by atoms with Gasteiger partial charge in [-0.15, -0.1) is 0 Å². The van der Waals surface area contributed by atoms with Gasteiger partial charge in [0, 0.05) is 59.9 Å². The average Bonchev–Trinajstić information content (AvgIpc) is 2.99. The molecule has 0 bridgehead atoms. The van der Waals surface area contributed by atoms with Crippen LogP contribution in [0.15, 0.2) is 54.6 Å².